The number of carbonyl (C=O) groups is 6. The van der Waals surface area contributed by atoms with Gasteiger partial charge in [0.15, 0.2) is 17.3 Å². The number of likely N-dealkylation sites (tertiary alicyclic amines) is 1. The van der Waals surface area contributed by atoms with E-state index in [2.05, 4.69) is 15.3 Å². The first kappa shape index (κ1) is 37.9. The predicted molar refractivity (Wildman–Crippen MR) is 189 cm³/mol. The highest BCUT2D eigenvalue weighted by atomic mass is 16.2. The first-order valence-corrected chi connectivity index (χ1v) is 19.4. The summed E-state index contributed by atoms with van der Waals surface area (Å²) in [5, 5.41) is 3.10. The highest BCUT2D eigenvalue weighted by Gasteiger charge is 2.52. The molecule has 5 rings (SSSR count). The zero-order chi connectivity index (χ0) is 36.0. The maximum absolute atomic E-state index is 14.7. The Labute approximate surface area is 297 Å². The van der Waals surface area contributed by atoms with Crippen molar-refractivity contribution in [2.45, 2.75) is 143 Å². The number of aromatic nitrogens is 2. The molecule has 6 atom stereocenters. The zero-order valence-corrected chi connectivity index (χ0v) is 30.7. The van der Waals surface area contributed by atoms with Crippen LogP contribution in [0.25, 0.3) is 0 Å². The van der Waals surface area contributed by atoms with Crippen LogP contribution >= 0.6 is 0 Å². The largest absolute Gasteiger partial charge is 0.344 e. The first-order valence-electron chi connectivity index (χ1n) is 19.4. The topological polar surface area (TPSA) is 143 Å². The van der Waals surface area contributed by atoms with Gasteiger partial charge in [-0.3, -0.25) is 33.8 Å². The number of ketones is 4. The lowest BCUT2D eigenvalue weighted by Crippen LogP contribution is -2.58. The van der Waals surface area contributed by atoms with Gasteiger partial charge >= 0.3 is 0 Å². The lowest BCUT2D eigenvalue weighted by atomic mass is 9.80. The molecule has 0 radical (unpaired) electrons. The summed E-state index contributed by atoms with van der Waals surface area (Å²) in [5.41, 5.74) is -0.463. The van der Waals surface area contributed by atoms with Crippen molar-refractivity contribution in [3.8, 4) is 0 Å². The SMILES string of the molecule is CCCC(CC(=O)[C@@H]1[C@H]2CCCC2CN1C(=O)[C@@H](NC(=O)[C@@H](CC(=O)c1cnccn1)CC1CCCCC1)C(C)(C)C)C(=O)C(=O)CC1CC1. The lowest BCUT2D eigenvalue weighted by Gasteiger charge is -2.37. The molecule has 1 N–H and O–H groups in total. The molecule has 274 valence electrons. The number of fused-ring (bicyclic) bond motifs is 1. The van der Waals surface area contributed by atoms with Gasteiger partial charge in [-0.2, -0.15) is 0 Å². The molecule has 2 heterocycles. The van der Waals surface area contributed by atoms with Crippen LogP contribution in [-0.2, 0) is 24.0 Å². The van der Waals surface area contributed by atoms with Gasteiger partial charge in [0, 0.05) is 50.0 Å². The molecule has 2 amide bonds. The van der Waals surface area contributed by atoms with E-state index in [1.807, 2.05) is 27.7 Å². The summed E-state index contributed by atoms with van der Waals surface area (Å²) >= 11 is 0. The summed E-state index contributed by atoms with van der Waals surface area (Å²) < 4.78 is 0. The molecule has 10 nitrogen and oxygen atoms in total. The fourth-order valence-electron chi connectivity index (χ4n) is 8.85. The minimum Gasteiger partial charge on any atom is -0.344 e. The normalized spacial score (nSPS) is 24.2. The van der Waals surface area contributed by atoms with E-state index < -0.39 is 35.1 Å². The molecule has 2 unspecified atom stereocenters. The van der Waals surface area contributed by atoms with Crippen LogP contribution in [-0.4, -0.2) is 68.4 Å². The molecular formula is C40H58N4O6. The van der Waals surface area contributed by atoms with Crippen molar-refractivity contribution in [2.24, 2.45) is 40.9 Å². The molecular weight excluding hydrogens is 632 g/mol. The number of hydrogen-bond donors (Lipinski definition) is 1. The van der Waals surface area contributed by atoms with Crippen LogP contribution in [0.2, 0.25) is 0 Å². The molecule has 4 aliphatic rings. The van der Waals surface area contributed by atoms with Gasteiger partial charge in [-0.05, 0) is 67.6 Å². The van der Waals surface area contributed by atoms with Gasteiger partial charge in [-0.1, -0.05) is 72.6 Å². The van der Waals surface area contributed by atoms with Crippen molar-refractivity contribution in [3.63, 3.8) is 0 Å². The van der Waals surface area contributed by atoms with Gasteiger partial charge < -0.3 is 10.2 Å². The van der Waals surface area contributed by atoms with Crippen LogP contribution in [0.5, 0.6) is 0 Å². The zero-order valence-electron chi connectivity index (χ0n) is 30.7. The van der Waals surface area contributed by atoms with Crippen LogP contribution in [0.3, 0.4) is 0 Å². The average Bonchev–Trinajstić information content (AvgIpc) is 3.66. The summed E-state index contributed by atoms with van der Waals surface area (Å²) in [5.74, 6) is -2.31. The Bertz CT molecular complexity index is 1400. The second kappa shape index (κ2) is 16.8. The molecule has 0 aromatic carbocycles. The van der Waals surface area contributed by atoms with Gasteiger partial charge in [0.2, 0.25) is 17.6 Å². The lowest BCUT2D eigenvalue weighted by molar-refractivity contribution is -0.146. The van der Waals surface area contributed by atoms with Gasteiger partial charge in [0.05, 0.1) is 12.2 Å². The summed E-state index contributed by atoms with van der Waals surface area (Å²) in [6, 6.07) is -1.60. The Balaban J connectivity index is 1.35. The van der Waals surface area contributed by atoms with Crippen molar-refractivity contribution in [1.29, 1.82) is 0 Å². The molecule has 3 saturated carbocycles. The Kier molecular flexibility index (Phi) is 12.8. The van der Waals surface area contributed by atoms with E-state index in [-0.39, 0.29) is 66.0 Å². The molecule has 4 fully saturated rings. The van der Waals surface area contributed by atoms with Crippen LogP contribution in [0.4, 0.5) is 0 Å². The summed E-state index contributed by atoms with van der Waals surface area (Å²) in [7, 11) is 0. The van der Waals surface area contributed by atoms with Gasteiger partial charge in [-0.25, -0.2) is 4.98 Å². The maximum Gasteiger partial charge on any atom is 0.246 e. The summed E-state index contributed by atoms with van der Waals surface area (Å²) in [6.45, 7) is 8.11. The molecule has 1 aliphatic heterocycles. The highest BCUT2D eigenvalue weighted by molar-refractivity contribution is 6.38. The number of hydrogen-bond acceptors (Lipinski definition) is 8. The van der Waals surface area contributed by atoms with Crippen LogP contribution < -0.4 is 5.32 Å². The van der Waals surface area contributed by atoms with E-state index in [9.17, 15) is 28.8 Å². The molecule has 3 aliphatic carbocycles. The highest BCUT2D eigenvalue weighted by Crippen LogP contribution is 2.44. The van der Waals surface area contributed by atoms with Crippen molar-refractivity contribution in [1.82, 2.24) is 20.2 Å². The number of nitrogens with one attached hydrogen (secondary N) is 1. The van der Waals surface area contributed by atoms with Crippen LogP contribution in [0.1, 0.15) is 141 Å². The third-order valence-electron chi connectivity index (χ3n) is 11.8. The fraction of sp³-hybridized carbons (Fsp3) is 0.750. The van der Waals surface area contributed by atoms with Crippen molar-refractivity contribution >= 4 is 34.9 Å². The van der Waals surface area contributed by atoms with Crippen LogP contribution in [0.15, 0.2) is 18.6 Å². The Morgan fingerprint density at radius 2 is 1.62 bits per heavy atom. The summed E-state index contributed by atoms with van der Waals surface area (Å²) in [4.78, 5) is 92.3. The van der Waals surface area contributed by atoms with E-state index in [0.29, 0.717) is 37.6 Å². The maximum atomic E-state index is 14.7. The molecule has 50 heavy (non-hydrogen) atoms. The van der Waals surface area contributed by atoms with Crippen molar-refractivity contribution in [2.75, 3.05) is 6.54 Å². The minimum atomic E-state index is -0.919. The van der Waals surface area contributed by atoms with Gasteiger partial charge in [0.1, 0.15) is 11.7 Å². The fourth-order valence-corrected chi connectivity index (χ4v) is 8.85. The molecule has 10 heteroatoms. The van der Waals surface area contributed by atoms with Gasteiger partial charge in [0.25, 0.3) is 0 Å². The molecule has 1 saturated heterocycles. The first-order chi connectivity index (χ1) is 23.9. The average molecular weight is 691 g/mol. The predicted octanol–water partition coefficient (Wildman–Crippen LogP) is 6.11. The van der Waals surface area contributed by atoms with E-state index in [4.69, 9.17) is 0 Å². The molecule has 1 aromatic heterocycles. The smallest absolute Gasteiger partial charge is 0.246 e. The molecule has 0 bridgehead atoms. The number of Topliss-reactive ketones (excluding diaryl/α,β-unsaturated/α-hetero) is 4. The van der Waals surface area contributed by atoms with Crippen LogP contribution in [0, 0.1) is 40.9 Å². The van der Waals surface area contributed by atoms with E-state index in [0.717, 1.165) is 57.8 Å². The second-order valence-corrected chi connectivity index (χ2v) is 16.8. The Morgan fingerprint density at radius 3 is 2.26 bits per heavy atom. The monoisotopic (exact) mass is 690 g/mol. The quantitative estimate of drug-likeness (QED) is 0.152. The number of nitrogens with zero attached hydrogens (tertiary/aromatic N) is 3. The van der Waals surface area contributed by atoms with E-state index in [1.165, 1.54) is 25.0 Å². The van der Waals surface area contributed by atoms with E-state index in [1.54, 1.807) is 4.90 Å². The third-order valence-corrected chi connectivity index (χ3v) is 11.8. The molecule has 0 spiro atoms. The van der Waals surface area contributed by atoms with Crippen molar-refractivity contribution < 1.29 is 28.8 Å². The van der Waals surface area contributed by atoms with Crippen molar-refractivity contribution in [3.05, 3.63) is 24.3 Å². The Hall–Kier alpha value is -3.30. The number of amides is 2. The number of carbonyl (C=O) groups excluding carboxylic acids is 6. The number of rotatable bonds is 17. The minimum absolute atomic E-state index is 0.00553. The standard InChI is InChI=1S/C40H58N4O6/c1-5-10-27(36(48)34(47)20-26-15-16-26)21-33(46)35-30-14-9-13-28(30)24-44(35)39(50)37(40(2,3)4)43-38(49)29(19-25-11-7-6-8-12-25)22-32(45)31-23-41-17-18-42-31/h17-18,23,25-30,35,37H,5-16,19-22,24H2,1-4H3,(H,43,49)/t27?,28?,29-,30+,35+,37-/m1/s1. The second-order valence-electron chi connectivity index (χ2n) is 16.8. The Morgan fingerprint density at radius 1 is 0.880 bits per heavy atom. The summed E-state index contributed by atoms with van der Waals surface area (Å²) in [6.07, 6.45) is 16.4. The molecule has 1 aromatic rings. The third kappa shape index (κ3) is 9.52. The van der Waals surface area contributed by atoms with Gasteiger partial charge in [-0.15, -0.1) is 0 Å². The van der Waals surface area contributed by atoms with E-state index >= 15 is 0 Å².